The molecule has 0 spiro atoms. The zero-order valence-electron chi connectivity index (χ0n) is 12.7. The maximum atomic E-state index is 6.20. The number of anilines is 2. The Morgan fingerprint density at radius 3 is 2.27 bits per heavy atom. The Labute approximate surface area is 129 Å². The molecule has 1 heterocycles. The third kappa shape index (κ3) is 1.96. The number of fused-ring (bicyclic) bond motifs is 3. The average molecular weight is 287 g/mol. The first kappa shape index (κ1) is 13.0. The van der Waals surface area contributed by atoms with Crippen LogP contribution in [0.15, 0.2) is 65.1 Å². The molecular formula is C20H17NO. The molecule has 0 bridgehead atoms. The molecule has 3 aromatic carbocycles. The molecule has 22 heavy (non-hydrogen) atoms. The van der Waals surface area contributed by atoms with Crippen molar-refractivity contribution in [2.75, 3.05) is 5.32 Å². The Hall–Kier alpha value is -2.74. The lowest BCUT2D eigenvalue weighted by atomic mass is 10.1. The second kappa shape index (κ2) is 4.92. The highest BCUT2D eigenvalue weighted by atomic mass is 16.3. The summed E-state index contributed by atoms with van der Waals surface area (Å²) in [5.74, 6) is 0. The lowest BCUT2D eigenvalue weighted by Crippen LogP contribution is -1.93. The molecular weight excluding hydrogens is 270 g/mol. The van der Waals surface area contributed by atoms with Crippen molar-refractivity contribution in [1.29, 1.82) is 0 Å². The van der Waals surface area contributed by atoms with Gasteiger partial charge in [0.15, 0.2) is 5.58 Å². The third-order valence-corrected chi connectivity index (χ3v) is 4.12. The summed E-state index contributed by atoms with van der Waals surface area (Å²) in [4.78, 5) is 0. The maximum absolute atomic E-state index is 6.20. The Kier molecular flexibility index (Phi) is 2.90. The molecule has 0 amide bonds. The highest BCUT2D eigenvalue weighted by molar-refractivity contribution is 6.10. The molecule has 0 unspecified atom stereocenters. The number of furan rings is 1. The van der Waals surface area contributed by atoms with Gasteiger partial charge in [0.05, 0.1) is 5.69 Å². The summed E-state index contributed by atoms with van der Waals surface area (Å²) in [6, 6.07) is 20.8. The molecule has 2 nitrogen and oxygen atoms in total. The van der Waals surface area contributed by atoms with Crippen molar-refractivity contribution < 1.29 is 4.42 Å². The Morgan fingerprint density at radius 2 is 1.45 bits per heavy atom. The molecule has 0 saturated carbocycles. The van der Waals surface area contributed by atoms with Gasteiger partial charge in [-0.1, -0.05) is 48.5 Å². The van der Waals surface area contributed by atoms with E-state index >= 15 is 0 Å². The average Bonchev–Trinajstić information content (AvgIpc) is 2.92. The van der Waals surface area contributed by atoms with Gasteiger partial charge >= 0.3 is 0 Å². The van der Waals surface area contributed by atoms with Crippen LogP contribution in [-0.4, -0.2) is 0 Å². The number of nitrogens with one attached hydrogen (secondary N) is 1. The lowest BCUT2D eigenvalue weighted by Gasteiger charge is -2.09. The van der Waals surface area contributed by atoms with Gasteiger partial charge in [-0.15, -0.1) is 0 Å². The highest BCUT2D eigenvalue weighted by Gasteiger charge is 2.14. The van der Waals surface area contributed by atoms with Crippen LogP contribution in [0.4, 0.5) is 11.4 Å². The minimum absolute atomic E-state index is 0.924. The van der Waals surface area contributed by atoms with Crippen molar-refractivity contribution in [3.8, 4) is 0 Å². The zero-order valence-corrected chi connectivity index (χ0v) is 12.7. The summed E-state index contributed by atoms with van der Waals surface area (Å²) >= 11 is 0. The molecule has 0 aliphatic carbocycles. The summed E-state index contributed by atoms with van der Waals surface area (Å²) < 4.78 is 6.20. The van der Waals surface area contributed by atoms with Gasteiger partial charge in [0.25, 0.3) is 0 Å². The number of hydrogen-bond acceptors (Lipinski definition) is 2. The van der Waals surface area contributed by atoms with Gasteiger partial charge in [0, 0.05) is 16.5 Å². The van der Waals surface area contributed by atoms with Gasteiger partial charge < -0.3 is 9.73 Å². The van der Waals surface area contributed by atoms with Crippen LogP contribution in [0.5, 0.6) is 0 Å². The van der Waals surface area contributed by atoms with E-state index in [1.807, 2.05) is 18.2 Å². The Bertz CT molecular complexity index is 967. The van der Waals surface area contributed by atoms with E-state index < -0.39 is 0 Å². The first-order chi connectivity index (χ1) is 10.7. The second-order valence-corrected chi connectivity index (χ2v) is 5.68. The summed E-state index contributed by atoms with van der Waals surface area (Å²) in [6.45, 7) is 4.19. The molecule has 0 atom stereocenters. The number of rotatable bonds is 2. The number of hydrogen-bond donors (Lipinski definition) is 1. The van der Waals surface area contributed by atoms with Crippen molar-refractivity contribution in [2.45, 2.75) is 13.8 Å². The number of benzene rings is 3. The normalized spacial score (nSPS) is 11.2. The monoisotopic (exact) mass is 287 g/mol. The van der Waals surface area contributed by atoms with Crippen LogP contribution >= 0.6 is 0 Å². The fraction of sp³-hybridized carbons (Fsp3) is 0.100. The summed E-state index contributed by atoms with van der Waals surface area (Å²) in [6.07, 6.45) is 0. The van der Waals surface area contributed by atoms with E-state index in [1.165, 1.54) is 10.9 Å². The predicted molar refractivity (Wildman–Crippen MR) is 92.9 cm³/mol. The zero-order chi connectivity index (χ0) is 15.1. The summed E-state index contributed by atoms with van der Waals surface area (Å²) in [7, 11) is 0. The van der Waals surface area contributed by atoms with Gasteiger partial charge in [-0.3, -0.25) is 0 Å². The van der Waals surface area contributed by atoms with Crippen LogP contribution < -0.4 is 5.32 Å². The first-order valence-corrected chi connectivity index (χ1v) is 7.47. The van der Waals surface area contributed by atoms with Gasteiger partial charge in [-0.2, -0.15) is 0 Å². The van der Waals surface area contributed by atoms with Crippen molar-refractivity contribution in [2.24, 2.45) is 0 Å². The van der Waals surface area contributed by atoms with Crippen LogP contribution in [0, 0.1) is 13.8 Å². The van der Waals surface area contributed by atoms with Crippen LogP contribution in [0.2, 0.25) is 0 Å². The SMILES string of the molecule is Cc1ccc2c(oc3c(C)cccc32)c1Nc1ccccc1. The van der Waals surface area contributed by atoms with E-state index in [9.17, 15) is 0 Å². The van der Waals surface area contributed by atoms with E-state index in [-0.39, 0.29) is 0 Å². The van der Waals surface area contributed by atoms with Gasteiger partial charge in [-0.25, -0.2) is 0 Å². The minimum atomic E-state index is 0.924. The smallest absolute Gasteiger partial charge is 0.159 e. The van der Waals surface area contributed by atoms with E-state index in [2.05, 4.69) is 61.6 Å². The summed E-state index contributed by atoms with van der Waals surface area (Å²) in [5.41, 5.74) is 6.34. The third-order valence-electron chi connectivity index (χ3n) is 4.12. The van der Waals surface area contributed by atoms with Crippen LogP contribution in [0.3, 0.4) is 0 Å². The Balaban J connectivity index is 1.99. The van der Waals surface area contributed by atoms with Gasteiger partial charge in [0.2, 0.25) is 0 Å². The molecule has 1 aromatic heterocycles. The Morgan fingerprint density at radius 1 is 0.682 bits per heavy atom. The van der Waals surface area contributed by atoms with E-state index in [1.54, 1.807) is 0 Å². The topological polar surface area (TPSA) is 25.2 Å². The maximum Gasteiger partial charge on any atom is 0.159 e. The molecule has 1 N–H and O–H groups in total. The van der Waals surface area contributed by atoms with Crippen molar-refractivity contribution in [3.63, 3.8) is 0 Å². The van der Waals surface area contributed by atoms with Gasteiger partial charge in [-0.05, 0) is 37.1 Å². The van der Waals surface area contributed by atoms with Crippen molar-refractivity contribution in [3.05, 3.63) is 71.8 Å². The quantitative estimate of drug-likeness (QED) is 0.493. The van der Waals surface area contributed by atoms with E-state index in [0.717, 1.165) is 33.5 Å². The van der Waals surface area contributed by atoms with Crippen molar-refractivity contribution >= 4 is 33.3 Å². The van der Waals surface area contributed by atoms with Crippen LogP contribution in [-0.2, 0) is 0 Å². The predicted octanol–water partition coefficient (Wildman–Crippen LogP) is 5.95. The van der Waals surface area contributed by atoms with Crippen LogP contribution in [0.1, 0.15) is 11.1 Å². The molecule has 0 radical (unpaired) electrons. The van der Waals surface area contributed by atoms with E-state index in [4.69, 9.17) is 4.42 Å². The standard InChI is InChI=1S/C20H17NO/c1-13-11-12-17-16-10-6-7-14(2)19(16)22-20(17)18(13)21-15-8-4-3-5-9-15/h3-12,21H,1-2H3. The second-order valence-electron chi connectivity index (χ2n) is 5.68. The van der Waals surface area contributed by atoms with Crippen LogP contribution in [0.25, 0.3) is 21.9 Å². The lowest BCUT2D eigenvalue weighted by molar-refractivity contribution is 0.666. The molecule has 0 aliphatic heterocycles. The fourth-order valence-corrected chi connectivity index (χ4v) is 2.92. The molecule has 0 saturated heterocycles. The highest BCUT2D eigenvalue weighted by Crippen LogP contribution is 2.37. The first-order valence-electron chi connectivity index (χ1n) is 7.47. The summed E-state index contributed by atoms with van der Waals surface area (Å²) in [5, 5.41) is 5.83. The molecule has 0 fully saturated rings. The molecule has 4 aromatic rings. The van der Waals surface area contributed by atoms with E-state index in [0.29, 0.717) is 0 Å². The molecule has 0 aliphatic rings. The number of para-hydroxylation sites is 2. The minimum Gasteiger partial charge on any atom is -0.454 e. The molecule has 2 heteroatoms. The fourth-order valence-electron chi connectivity index (χ4n) is 2.92. The largest absolute Gasteiger partial charge is 0.454 e. The van der Waals surface area contributed by atoms with Gasteiger partial charge in [0.1, 0.15) is 5.58 Å². The molecule has 4 rings (SSSR count). The van der Waals surface area contributed by atoms with Crippen molar-refractivity contribution in [1.82, 2.24) is 0 Å². The number of aryl methyl sites for hydroxylation is 2. The molecule has 108 valence electrons.